The average Bonchev–Trinajstić information content (AvgIpc) is 2.64. The lowest BCUT2D eigenvalue weighted by Gasteiger charge is -2.14. The van der Waals surface area contributed by atoms with Gasteiger partial charge in [0, 0.05) is 19.0 Å². The van der Waals surface area contributed by atoms with E-state index in [0.29, 0.717) is 0 Å². The molecule has 1 heterocycles. The van der Waals surface area contributed by atoms with Crippen molar-refractivity contribution < 1.29 is 4.79 Å². The summed E-state index contributed by atoms with van der Waals surface area (Å²) in [7, 11) is 2.77. The molecule has 7 heteroatoms. The number of hydrogen-bond donors (Lipinski definition) is 1. The summed E-state index contributed by atoms with van der Waals surface area (Å²) >= 11 is 1.35. The van der Waals surface area contributed by atoms with E-state index in [4.69, 9.17) is 5.73 Å². The van der Waals surface area contributed by atoms with Gasteiger partial charge in [-0.3, -0.25) is 18.7 Å². The molecule has 2 aromatic carbocycles. The molecule has 26 heavy (non-hydrogen) atoms. The lowest BCUT2D eigenvalue weighted by atomic mass is 10.1. The highest BCUT2D eigenvalue weighted by Gasteiger charge is 2.25. The van der Waals surface area contributed by atoms with E-state index in [0.717, 1.165) is 24.8 Å². The molecule has 0 aliphatic rings. The van der Waals surface area contributed by atoms with Gasteiger partial charge in [-0.05, 0) is 29.8 Å². The van der Waals surface area contributed by atoms with Crippen molar-refractivity contribution in [2.45, 2.75) is 17.1 Å². The summed E-state index contributed by atoms with van der Waals surface area (Å²) in [6, 6.07) is 13.9. The molecule has 0 aliphatic heterocycles. The van der Waals surface area contributed by atoms with E-state index < -0.39 is 22.3 Å². The minimum absolute atomic E-state index is 0.103. The largest absolute Gasteiger partial charge is 0.384 e. The number of fused-ring (bicyclic) bond motifs is 1. The van der Waals surface area contributed by atoms with Crippen LogP contribution in [0.25, 0.3) is 10.8 Å². The molecule has 0 fully saturated rings. The van der Waals surface area contributed by atoms with Crippen LogP contribution in [0.15, 0.2) is 56.9 Å². The van der Waals surface area contributed by atoms with Crippen molar-refractivity contribution >= 4 is 34.1 Å². The van der Waals surface area contributed by atoms with Crippen LogP contribution in [-0.4, -0.2) is 20.2 Å². The maximum atomic E-state index is 12.8. The van der Waals surface area contributed by atoms with E-state index in [1.807, 2.05) is 42.5 Å². The third-order valence-corrected chi connectivity index (χ3v) is 5.45. The first-order chi connectivity index (χ1) is 12.3. The Morgan fingerprint density at radius 2 is 1.69 bits per heavy atom. The van der Waals surface area contributed by atoms with Crippen LogP contribution in [-0.2, 0) is 14.1 Å². The van der Waals surface area contributed by atoms with Gasteiger partial charge in [-0.25, -0.2) is 4.79 Å². The fourth-order valence-electron chi connectivity index (χ4n) is 2.79. The van der Waals surface area contributed by atoms with Crippen LogP contribution in [0.5, 0.6) is 0 Å². The topological polar surface area (TPSA) is 87.1 Å². The van der Waals surface area contributed by atoms with E-state index in [1.54, 1.807) is 6.92 Å². The van der Waals surface area contributed by atoms with Gasteiger partial charge in [0.1, 0.15) is 11.4 Å². The monoisotopic (exact) mass is 369 g/mol. The molecule has 0 radical (unpaired) electrons. The Morgan fingerprint density at radius 3 is 2.38 bits per heavy atom. The minimum Gasteiger partial charge on any atom is -0.384 e. The van der Waals surface area contributed by atoms with Gasteiger partial charge >= 0.3 is 5.69 Å². The Kier molecular flexibility index (Phi) is 4.73. The Bertz CT molecular complexity index is 1130. The molecule has 3 aromatic rings. The highest BCUT2D eigenvalue weighted by atomic mass is 32.2. The number of nitrogens with zero attached hydrogens (tertiary/aromatic N) is 2. The Balaban J connectivity index is 1.95. The van der Waals surface area contributed by atoms with Gasteiger partial charge in [0.05, 0.1) is 5.25 Å². The first-order valence-corrected chi connectivity index (χ1v) is 8.94. The van der Waals surface area contributed by atoms with Crippen LogP contribution in [0.4, 0.5) is 5.82 Å². The first-order valence-electron chi connectivity index (χ1n) is 8.06. The van der Waals surface area contributed by atoms with Gasteiger partial charge in [0.25, 0.3) is 5.56 Å². The summed E-state index contributed by atoms with van der Waals surface area (Å²) in [6.45, 7) is 1.73. The van der Waals surface area contributed by atoms with Gasteiger partial charge in [-0.1, -0.05) is 30.3 Å². The van der Waals surface area contributed by atoms with Crippen LogP contribution in [0.3, 0.4) is 0 Å². The lowest BCUT2D eigenvalue weighted by molar-refractivity contribution is 0.0992. The number of aromatic nitrogens is 2. The van der Waals surface area contributed by atoms with Crippen molar-refractivity contribution in [3.8, 4) is 0 Å². The molecule has 2 N–H and O–H groups in total. The molecule has 0 amide bonds. The van der Waals surface area contributed by atoms with Gasteiger partial charge in [-0.15, -0.1) is 11.8 Å². The smallest absolute Gasteiger partial charge is 0.332 e. The predicted octanol–water partition coefficient (Wildman–Crippen LogP) is 2.18. The van der Waals surface area contributed by atoms with Crippen molar-refractivity contribution in [3.05, 3.63) is 68.9 Å². The molecule has 1 unspecified atom stereocenters. The molecule has 1 atom stereocenters. The highest BCUT2D eigenvalue weighted by Crippen LogP contribution is 2.28. The van der Waals surface area contributed by atoms with Crippen molar-refractivity contribution in [2.75, 3.05) is 5.73 Å². The van der Waals surface area contributed by atoms with Gasteiger partial charge in [0.2, 0.25) is 0 Å². The third kappa shape index (κ3) is 3.06. The molecule has 0 saturated heterocycles. The number of Topliss-reactive ketones (excluding diaryl/α,β-unsaturated/α-hetero) is 1. The number of nitrogens with two attached hydrogens (primary N) is 1. The van der Waals surface area contributed by atoms with E-state index in [2.05, 4.69) is 0 Å². The SMILES string of the molecule is CC(Sc1ccc2ccccc2c1)C(=O)c1c(N)n(C)c(=O)n(C)c1=O. The first kappa shape index (κ1) is 18.0. The van der Waals surface area contributed by atoms with Crippen LogP contribution in [0, 0.1) is 0 Å². The van der Waals surface area contributed by atoms with E-state index in [9.17, 15) is 14.4 Å². The number of carbonyl (C=O) groups excluding carboxylic acids is 1. The quantitative estimate of drug-likeness (QED) is 0.563. The molecule has 3 rings (SSSR count). The molecule has 1 aromatic heterocycles. The number of anilines is 1. The Morgan fingerprint density at radius 1 is 1.04 bits per heavy atom. The molecule has 6 nitrogen and oxygen atoms in total. The minimum atomic E-state index is -0.665. The molecular weight excluding hydrogens is 350 g/mol. The third-order valence-electron chi connectivity index (χ3n) is 4.36. The van der Waals surface area contributed by atoms with Gasteiger partial charge < -0.3 is 5.73 Å². The summed E-state index contributed by atoms with van der Waals surface area (Å²) in [5.41, 5.74) is 4.51. The van der Waals surface area contributed by atoms with Crippen LogP contribution >= 0.6 is 11.8 Å². The summed E-state index contributed by atoms with van der Waals surface area (Å²) < 4.78 is 2.01. The number of hydrogen-bond acceptors (Lipinski definition) is 5. The van der Waals surface area contributed by atoms with E-state index in [1.165, 1.54) is 25.9 Å². The number of thioether (sulfide) groups is 1. The van der Waals surface area contributed by atoms with E-state index in [-0.39, 0.29) is 11.4 Å². The molecule has 134 valence electrons. The maximum Gasteiger partial charge on any atom is 0.332 e. The Labute approximate surface area is 154 Å². The molecule has 0 bridgehead atoms. The second kappa shape index (κ2) is 6.84. The number of benzene rings is 2. The zero-order valence-electron chi connectivity index (χ0n) is 14.7. The van der Waals surface area contributed by atoms with Gasteiger partial charge in [0.15, 0.2) is 5.78 Å². The molecule has 0 saturated carbocycles. The van der Waals surface area contributed by atoms with Crippen LogP contribution < -0.4 is 17.0 Å². The number of nitrogen functional groups attached to an aromatic ring is 1. The second-order valence-electron chi connectivity index (χ2n) is 6.10. The summed E-state index contributed by atoms with van der Waals surface area (Å²) in [6.07, 6.45) is 0. The van der Waals surface area contributed by atoms with Crippen molar-refractivity contribution in [1.82, 2.24) is 9.13 Å². The van der Waals surface area contributed by atoms with Gasteiger partial charge in [-0.2, -0.15) is 0 Å². The number of ketones is 1. The standard InChI is InChI=1S/C19H19N3O3S/c1-11(26-14-9-8-12-6-4-5-7-13(12)10-14)16(23)15-17(20)21(2)19(25)22(3)18(15)24/h4-11H,20H2,1-3H3. The van der Waals surface area contributed by atoms with E-state index >= 15 is 0 Å². The fourth-order valence-corrected chi connectivity index (χ4v) is 3.77. The molecular formula is C19H19N3O3S. The Hall–Kier alpha value is -2.80. The second-order valence-corrected chi connectivity index (χ2v) is 7.51. The normalized spacial score (nSPS) is 12.3. The summed E-state index contributed by atoms with van der Waals surface area (Å²) in [5.74, 6) is -0.495. The predicted molar refractivity (Wildman–Crippen MR) is 105 cm³/mol. The molecule has 0 spiro atoms. The maximum absolute atomic E-state index is 12.8. The van der Waals surface area contributed by atoms with Crippen molar-refractivity contribution in [1.29, 1.82) is 0 Å². The lowest BCUT2D eigenvalue weighted by Crippen LogP contribution is -2.42. The van der Waals surface area contributed by atoms with Crippen LogP contribution in [0.2, 0.25) is 0 Å². The summed E-state index contributed by atoms with van der Waals surface area (Å²) in [5, 5.41) is 1.67. The number of carbonyl (C=O) groups is 1. The number of rotatable bonds is 4. The van der Waals surface area contributed by atoms with Crippen LogP contribution in [0.1, 0.15) is 17.3 Å². The zero-order valence-corrected chi connectivity index (χ0v) is 15.5. The fraction of sp³-hybridized carbons (Fsp3) is 0.211. The highest BCUT2D eigenvalue weighted by molar-refractivity contribution is 8.00. The van der Waals surface area contributed by atoms with Crippen molar-refractivity contribution in [3.63, 3.8) is 0 Å². The zero-order chi connectivity index (χ0) is 19.0. The average molecular weight is 369 g/mol. The van der Waals surface area contributed by atoms with Crippen molar-refractivity contribution in [2.24, 2.45) is 14.1 Å². The molecule has 0 aliphatic carbocycles. The summed E-state index contributed by atoms with van der Waals surface area (Å²) in [4.78, 5) is 38.0.